The predicted molar refractivity (Wildman–Crippen MR) is 85.8 cm³/mol. The maximum Gasteiger partial charge on any atom is 0.211 e. The van der Waals surface area contributed by atoms with Gasteiger partial charge in [0.1, 0.15) is 5.58 Å². The topological polar surface area (TPSA) is 36.7 Å². The minimum Gasteiger partial charge on any atom is -0.453 e. The molecule has 4 nitrogen and oxygen atoms in total. The first-order valence-corrected chi connectivity index (χ1v) is 7.49. The Morgan fingerprint density at radius 1 is 1.19 bits per heavy atom. The first-order chi connectivity index (χ1) is 10.1. The van der Waals surface area contributed by atoms with E-state index in [2.05, 4.69) is 30.8 Å². The summed E-state index contributed by atoms with van der Waals surface area (Å²) in [6.45, 7) is 5.35. The molecule has 0 N–H and O–H groups in total. The Bertz CT molecular complexity index is 556. The third-order valence-electron chi connectivity index (χ3n) is 3.59. The fourth-order valence-corrected chi connectivity index (χ4v) is 2.36. The third-order valence-corrected chi connectivity index (χ3v) is 3.59. The van der Waals surface area contributed by atoms with Crippen LogP contribution in [-0.2, 0) is 0 Å². The Morgan fingerprint density at radius 3 is 2.62 bits per heavy atom. The fraction of sp³-hybridized carbons (Fsp3) is 0.471. The Hall–Kier alpha value is -1.65. The molecule has 0 saturated heterocycles. The molecule has 0 fully saturated rings. The normalized spacial score (nSPS) is 11.7. The molecule has 0 aliphatic rings. The van der Waals surface area contributed by atoms with Crippen molar-refractivity contribution < 1.29 is 9.21 Å². The molecule has 2 rings (SSSR count). The summed E-state index contributed by atoms with van der Waals surface area (Å²) < 4.78 is 5.63. The molecule has 0 atom stereocenters. The lowest BCUT2D eigenvalue weighted by Crippen LogP contribution is -2.32. The zero-order valence-corrected chi connectivity index (χ0v) is 13.1. The lowest BCUT2D eigenvalue weighted by molar-refractivity contribution is 0.0906. The number of hydrogen-bond acceptors (Lipinski definition) is 4. The zero-order valence-electron chi connectivity index (χ0n) is 13.1. The monoisotopic (exact) mass is 288 g/mol. The molecular formula is C17H24N2O2. The van der Waals surface area contributed by atoms with Gasteiger partial charge in [0.25, 0.3) is 0 Å². The van der Waals surface area contributed by atoms with Crippen LogP contribution in [0, 0.1) is 0 Å². The van der Waals surface area contributed by atoms with Gasteiger partial charge in [0.2, 0.25) is 5.78 Å². The van der Waals surface area contributed by atoms with Crippen molar-refractivity contribution in [3.05, 3.63) is 36.1 Å². The number of para-hydroxylation sites is 1. The van der Waals surface area contributed by atoms with Crippen molar-refractivity contribution in [1.82, 2.24) is 9.80 Å². The number of hydrogen-bond donors (Lipinski definition) is 0. The molecule has 1 aromatic carbocycles. The quantitative estimate of drug-likeness (QED) is 0.700. The molecule has 0 aliphatic carbocycles. The van der Waals surface area contributed by atoms with Crippen molar-refractivity contribution in [3.8, 4) is 0 Å². The van der Waals surface area contributed by atoms with Gasteiger partial charge in [-0.2, -0.15) is 0 Å². The molecule has 0 amide bonds. The number of nitrogens with zero attached hydrogens (tertiary/aromatic N) is 2. The third kappa shape index (κ3) is 4.41. The summed E-state index contributed by atoms with van der Waals surface area (Å²) in [6, 6.07) is 9.56. The molecule has 21 heavy (non-hydrogen) atoms. The van der Waals surface area contributed by atoms with Gasteiger partial charge in [-0.1, -0.05) is 25.1 Å². The highest BCUT2D eigenvalue weighted by Crippen LogP contribution is 2.19. The number of likely N-dealkylation sites (N-methyl/N-ethyl adjacent to an activating group) is 1. The minimum atomic E-state index is 0.0536. The number of rotatable bonds is 8. The summed E-state index contributed by atoms with van der Waals surface area (Å²) >= 11 is 0. The van der Waals surface area contributed by atoms with Gasteiger partial charge in [0.05, 0.1) is 6.54 Å². The average molecular weight is 288 g/mol. The number of benzene rings is 1. The van der Waals surface area contributed by atoms with Crippen LogP contribution in [0.1, 0.15) is 23.9 Å². The maximum atomic E-state index is 12.3. The van der Waals surface area contributed by atoms with Crippen molar-refractivity contribution >= 4 is 16.8 Å². The smallest absolute Gasteiger partial charge is 0.211 e. The number of ketones is 1. The van der Waals surface area contributed by atoms with E-state index >= 15 is 0 Å². The Labute approximate surface area is 126 Å². The van der Waals surface area contributed by atoms with Gasteiger partial charge in [-0.15, -0.1) is 0 Å². The van der Waals surface area contributed by atoms with E-state index in [0.717, 1.165) is 37.0 Å². The Balaban J connectivity index is 1.95. The zero-order chi connectivity index (χ0) is 15.2. The summed E-state index contributed by atoms with van der Waals surface area (Å²) in [5.74, 6) is 0.514. The van der Waals surface area contributed by atoms with Gasteiger partial charge in [-0.05, 0) is 52.3 Å². The molecule has 1 heterocycles. The summed E-state index contributed by atoms with van der Waals surface area (Å²) in [6.07, 6.45) is 1.06. The van der Waals surface area contributed by atoms with Crippen molar-refractivity contribution in [2.75, 3.05) is 40.3 Å². The first kappa shape index (κ1) is 15.7. The summed E-state index contributed by atoms with van der Waals surface area (Å²) in [7, 11) is 4.13. The molecule has 2 aromatic rings. The van der Waals surface area contributed by atoms with Crippen LogP contribution in [0.3, 0.4) is 0 Å². The minimum absolute atomic E-state index is 0.0536. The van der Waals surface area contributed by atoms with Crippen LogP contribution >= 0.6 is 0 Å². The highest BCUT2D eigenvalue weighted by molar-refractivity contribution is 5.98. The van der Waals surface area contributed by atoms with Crippen molar-refractivity contribution in [2.45, 2.75) is 13.3 Å². The Morgan fingerprint density at radius 2 is 1.95 bits per heavy atom. The molecule has 0 unspecified atom stereocenters. The van der Waals surface area contributed by atoms with E-state index in [0.29, 0.717) is 12.3 Å². The van der Waals surface area contributed by atoms with Crippen LogP contribution in [-0.4, -0.2) is 55.9 Å². The number of Topliss-reactive ketones (excluding diaryl/α,β-unsaturated/α-hetero) is 1. The molecule has 114 valence electrons. The van der Waals surface area contributed by atoms with Crippen LogP contribution in [0.5, 0.6) is 0 Å². The highest BCUT2D eigenvalue weighted by atomic mass is 16.3. The van der Waals surface area contributed by atoms with E-state index in [-0.39, 0.29) is 5.78 Å². The van der Waals surface area contributed by atoms with E-state index in [4.69, 9.17) is 4.42 Å². The maximum absolute atomic E-state index is 12.3. The van der Waals surface area contributed by atoms with Crippen LogP contribution in [0.2, 0.25) is 0 Å². The molecule has 0 aliphatic heterocycles. The van der Waals surface area contributed by atoms with E-state index in [1.54, 1.807) is 0 Å². The van der Waals surface area contributed by atoms with E-state index in [1.807, 2.05) is 30.3 Å². The highest BCUT2D eigenvalue weighted by Gasteiger charge is 2.15. The van der Waals surface area contributed by atoms with Crippen LogP contribution in [0.25, 0.3) is 11.0 Å². The van der Waals surface area contributed by atoms with Gasteiger partial charge in [-0.25, -0.2) is 0 Å². The number of furan rings is 1. The summed E-state index contributed by atoms with van der Waals surface area (Å²) in [4.78, 5) is 16.7. The summed E-state index contributed by atoms with van der Waals surface area (Å²) in [5, 5.41) is 0.983. The van der Waals surface area contributed by atoms with Crippen LogP contribution in [0.4, 0.5) is 0 Å². The van der Waals surface area contributed by atoms with Gasteiger partial charge < -0.3 is 9.32 Å². The van der Waals surface area contributed by atoms with Gasteiger partial charge in [0, 0.05) is 5.39 Å². The standard InChI is InChI=1S/C17H24N2O2/c1-4-19(11-7-10-18(2)3)13-15(20)17-12-14-8-5-6-9-16(14)21-17/h5-6,8-9,12H,4,7,10-11,13H2,1-3H3. The second-order valence-corrected chi connectivity index (χ2v) is 5.60. The van der Waals surface area contributed by atoms with Crippen molar-refractivity contribution in [3.63, 3.8) is 0 Å². The van der Waals surface area contributed by atoms with Gasteiger partial charge in [-0.3, -0.25) is 9.69 Å². The lowest BCUT2D eigenvalue weighted by atomic mass is 10.2. The van der Waals surface area contributed by atoms with Crippen molar-refractivity contribution in [1.29, 1.82) is 0 Å². The van der Waals surface area contributed by atoms with E-state index < -0.39 is 0 Å². The lowest BCUT2D eigenvalue weighted by Gasteiger charge is -2.20. The first-order valence-electron chi connectivity index (χ1n) is 7.49. The second-order valence-electron chi connectivity index (χ2n) is 5.60. The number of fused-ring (bicyclic) bond motifs is 1. The van der Waals surface area contributed by atoms with Gasteiger partial charge >= 0.3 is 0 Å². The molecule has 0 spiro atoms. The molecule has 0 radical (unpaired) electrons. The number of carbonyl (C=O) groups is 1. The fourth-order valence-electron chi connectivity index (χ4n) is 2.36. The van der Waals surface area contributed by atoms with Crippen LogP contribution < -0.4 is 0 Å². The van der Waals surface area contributed by atoms with E-state index in [1.165, 1.54) is 0 Å². The molecule has 4 heteroatoms. The molecule has 0 bridgehead atoms. The SMILES string of the molecule is CCN(CCCN(C)C)CC(=O)c1cc2ccccc2o1. The number of carbonyl (C=O) groups excluding carboxylic acids is 1. The van der Waals surface area contributed by atoms with Crippen molar-refractivity contribution in [2.24, 2.45) is 0 Å². The average Bonchev–Trinajstić information content (AvgIpc) is 2.89. The molecular weight excluding hydrogens is 264 g/mol. The predicted octanol–water partition coefficient (Wildman–Crippen LogP) is 2.89. The van der Waals surface area contributed by atoms with E-state index in [9.17, 15) is 4.79 Å². The van der Waals surface area contributed by atoms with Gasteiger partial charge in [0.15, 0.2) is 5.76 Å². The van der Waals surface area contributed by atoms with Crippen LogP contribution in [0.15, 0.2) is 34.7 Å². The molecule has 1 aromatic heterocycles. The second kappa shape index (κ2) is 7.38. The summed E-state index contributed by atoms with van der Waals surface area (Å²) in [5.41, 5.74) is 0.775. The largest absolute Gasteiger partial charge is 0.453 e. The molecule has 0 saturated carbocycles. The Kier molecular flexibility index (Phi) is 5.53.